The van der Waals surface area contributed by atoms with Gasteiger partial charge in [0.2, 0.25) is 5.43 Å². The first-order valence-corrected chi connectivity index (χ1v) is 14.7. The molecule has 4 aromatic heterocycles. The lowest BCUT2D eigenvalue weighted by Gasteiger charge is -2.28. The summed E-state index contributed by atoms with van der Waals surface area (Å²) in [6.07, 6.45) is 10.3. The van der Waals surface area contributed by atoms with Crippen molar-refractivity contribution >= 4 is 22.6 Å². The van der Waals surface area contributed by atoms with Gasteiger partial charge in [0.25, 0.3) is 5.91 Å². The molecule has 5 aromatic rings. The maximum atomic E-state index is 13.5. The normalized spacial score (nSPS) is 14.2. The third-order valence-electron chi connectivity index (χ3n) is 7.99. The number of hydrogen-bond acceptors (Lipinski definition) is 7. The van der Waals surface area contributed by atoms with Gasteiger partial charge in [-0.15, -0.1) is 0 Å². The Morgan fingerprint density at radius 1 is 1.00 bits per heavy atom. The van der Waals surface area contributed by atoms with E-state index in [4.69, 9.17) is 4.74 Å². The Morgan fingerprint density at radius 3 is 2.48 bits per heavy atom. The number of rotatable bonds is 7. The maximum Gasteiger partial charge on any atom is 0.262 e. The predicted molar refractivity (Wildman–Crippen MR) is 168 cm³/mol. The minimum Gasteiger partial charge on any atom is -0.455 e. The molecule has 1 saturated heterocycles. The van der Waals surface area contributed by atoms with Crippen molar-refractivity contribution < 1.29 is 13.9 Å². The Hall–Kier alpha value is -4.96. The van der Waals surface area contributed by atoms with Gasteiger partial charge in [0, 0.05) is 47.2 Å². The maximum absolute atomic E-state index is 13.5. The van der Waals surface area contributed by atoms with Gasteiger partial charge < -0.3 is 19.5 Å². The Morgan fingerprint density at radius 2 is 1.77 bits per heavy atom. The number of amides is 1. The highest BCUT2D eigenvalue weighted by Gasteiger charge is 2.21. The van der Waals surface area contributed by atoms with Crippen LogP contribution in [0.2, 0.25) is 0 Å². The van der Waals surface area contributed by atoms with Crippen LogP contribution in [0.25, 0.3) is 22.0 Å². The van der Waals surface area contributed by atoms with Gasteiger partial charge in [-0.2, -0.15) is 0 Å². The second-order valence-electron chi connectivity index (χ2n) is 11.4. The summed E-state index contributed by atoms with van der Waals surface area (Å²) in [6, 6.07) is 12.8. The molecule has 44 heavy (non-hydrogen) atoms. The number of piperidine rings is 1. The predicted octanol–water partition coefficient (Wildman–Crippen LogP) is 6.43. The molecule has 1 aliphatic rings. The fourth-order valence-electron chi connectivity index (χ4n) is 5.37. The van der Waals surface area contributed by atoms with Crippen LogP contribution in [-0.2, 0) is 0 Å². The summed E-state index contributed by atoms with van der Waals surface area (Å²) in [5.41, 5.74) is 2.12. The molecule has 1 aromatic carbocycles. The summed E-state index contributed by atoms with van der Waals surface area (Å²) < 4.78 is 21.5. The van der Waals surface area contributed by atoms with Gasteiger partial charge in [-0.25, -0.2) is 9.37 Å². The van der Waals surface area contributed by atoms with Crippen molar-refractivity contribution in [3.8, 4) is 22.6 Å². The molecule has 1 aliphatic heterocycles. The second kappa shape index (κ2) is 12.3. The number of carbonyl (C=O) groups is 1. The molecule has 10 heteroatoms. The zero-order valence-corrected chi connectivity index (χ0v) is 24.8. The largest absolute Gasteiger partial charge is 0.455 e. The zero-order chi connectivity index (χ0) is 30.8. The van der Waals surface area contributed by atoms with Crippen molar-refractivity contribution in [2.24, 2.45) is 0 Å². The number of fused-ring (bicyclic) bond motifs is 1. The number of ether oxygens (including phenoxy) is 1. The van der Waals surface area contributed by atoms with Crippen molar-refractivity contribution in [2.75, 3.05) is 25.5 Å². The highest BCUT2D eigenvalue weighted by Crippen LogP contribution is 2.33. The lowest BCUT2D eigenvalue weighted by atomic mass is 9.93. The summed E-state index contributed by atoms with van der Waals surface area (Å²) in [5, 5.41) is 3.59. The molecule has 0 atom stereocenters. The van der Waals surface area contributed by atoms with Crippen LogP contribution in [0.4, 0.5) is 10.2 Å². The van der Waals surface area contributed by atoms with E-state index in [1.807, 2.05) is 19.9 Å². The highest BCUT2D eigenvalue weighted by atomic mass is 19.1. The van der Waals surface area contributed by atoms with Crippen LogP contribution in [0, 0.1) is 5.82 Å². The summed E-state index contributed by atoms with van der Waals surface area (Å²) in [5.74, 6) is 0.777. The quantitative estimate of drug-likeness (QED) is 0.232. The monoisotopic (exact) mass is 592 g/mol. The third kappa shape index (κ3) is 6.21. The first kappa shape index (κ1) is 29.1. The number of hydrogen-bond donors (Lipinski definition) is 1. The number of nitrogens with zero attached hydrogens (tertiary/aromatic N) is 5. The Balaban J connectivity index is 1.21. The topological polar surface area (TPSA) is 102 Å². The van der Waals surface area contributed by atoms with Gasteiger partial charge in [-0.1, -0.05) is 12.1 Å². The van der Waals surface area contributed by atoms with Crippen molar-refractivity contribution in [1.29, 1.82) is 0 Å². The summed E-state index contributed by atoms with van der Waals surface area (Å²) in [4.78, 5) is 42.5. The minimum atomic E-state index is -0.594. The molecule has 0 unspecified atom stereocenters. The lowest BCUT2D eigenvalue weighted by molar-refractivity contribution is 0.102. The minimum absolute atomic E-state index is 0.0172. The van der Waals surface area contributed by atoms with Crippen molar-refractivity contribution in [1.82, 2.24) is 24.4 Å². The van der Waals surface area contributed by atoms with Gasteiger partial charge in [0.1, 0.15) is 28.7 Å². The standard InChI is InChI=1S/C34H33FN6O3/c1-21(2)41-19-27(22-4-6-24(35)7-5-22)33(42)28(20-41)34(43)39-32-9-8-25(17-38-32)44-31-10-13-36-30-18-37-29(16-26(30)31)23-11-14-40(3)15-12-23/h4-10,13,16-21,23H,11-12,14-15H2,1-3H3,(H,38,39,43). The van der Waals surface area contributed by atoms with E-state index in [0.29, 0.717) is 28.5 Å². The molecular formula is C34H33FN6O3. The van der Waals surface area contributed by atoms with Crippen molar-refractivity contribution in [3.05, 3.63) is 107 Å². The van der Waals surface area contributed by atoms with E-state index in [9.17, 15) is 14.0 Å². The highest BCUT2D eigenvalue weighted by molar-refractivity contribution is 6.04. The van der Waals surface area contributed by atoms with Gasteiger partial charge >= 0.3 is 0 Å². The molecule has 0 saturated carbocycles. The van der Waals surface area contributed by atoms with Crippen molar-refractivity contribution in [2.45, 2.75) is 38.6 Å². The number of carbonyl (C=O) groups excluding carboxylic acids is 1. The Bertz CT molecular complexity index is 1860. The number of benzene rings is 1. The van der Waals surface area contributed by atoms with Crippen LogP contribution < -0.4 is 15.5 Å². The van der Waals surface area contributed by atoms with E-state index in [-0.39, 0.29) is 17.4 Å². The van der Waals surface area contributed by atoms with E-state index >= 15 is 0 Å². The average molecular weight is 593 g/mol. The Kier molecular flexibility index (Phi) is 8.17. The first-order valence-electron chi connectivity index (χ1n) is 14.7. The molecule has 1 fully saturated rings. The van der Waals surface area contributed by atoms with E-state index in [0.717, 1.165) is 42.5 Å². The van der Waals surface area contributed by atoms with Gasteiger partial charge in [0.15, 0.2) is 0 Å². The van der Waals surface area contributed by atoms with Gasteiger partial charge in [0.05, 0.1) is 17.9 Å². The van der Waals surface area contributed by atoms with Crippen LogP contribution in [-0.4, -0.2) is 50.5 Å². The van der Waals surface area contributed by atoms with Crippen LogP contribution in [0.1, 0.15) is 54.7 Å². The second-order valence-corrected chi connectivity index (χ2v) is 11.4. The molecule has 9 nitrogen and oxygen atoms in total. The number of aromatic nitrogens is 4. The van der Waals surface area contributed by atoms with E-state index in [2.05, 4.69) is 38.3 Å². The lowest BCUT2D eigenvalue weighted by Crippen LogP contribution is -2.29. The molecule has 0 bridgehead atoms. The van der Waals surface area contributed by atoms with Gasteiger partial charge in [-0.05, 0) is 88.8 Å². The molecule has 0 spiro atoms. The number of anilines is 1. The summed E-state index contributed by atoms with van der Waals surface area (Å²) in [7, 11) is 2.14. The van der Waals surface area contributed by atoms with Crippen LogP contribution >= 0.6 is 0 Å². The number of pyridine rings is 4. The van der Waals surface area contributed by atoms with E-state index in [1.165, 1.54) is 36.7 Å². The molecule has 1 N–H and O–H groups in total. The summed E-state index contributed by atoms with van der Waals surface area (Å²) in [6.45, 7) is 5.98. The van der Waals surface area contributed by atoms with E-state index < -0.39 is 17.2 Å². The Labute approximate surface area is 254 Å². The number of nitrogens with one attached hydrogen (secondary N) is 1. The number of likely N-dealkylation sites (tertiary alicyclic amines) is 1. The van der Waals surface area contributed by atoms with Gasteiger partial charge in [-0.3, -0.25) is 19.6 Å². The van der Waals surface area contributed by atoms with E-state index in [1.54, 1.807) is 35.3 Å². The molecule has 0 radical (unpaired) electrons. The molecule has 1 amide bonds. The summed E-state index contributed by atoms with van der Waals surface area (Å²) >= 11 is 0. The SMILES string of the molecule is CC(C)n1cc(C(=O)Nc2ccc(Oc3ccnc4cnc(C5CCN(C)CC5)cc34)cn2)c(=O)c(-c2ccc(F)cc2)c1. The number of halogens is 1. The third-order valence-corrected chi connectivity index (χ3v) is 7.99. The van der Waals surface area contributed by atoms with Crippen LogP contribution in [0.3, 0.4) is 0 Å². The molecule has 5 heterocycles. The van der Waals surface area contributed by atoms with Crippen LogP contribution in [0.5, 0.6) is 11.5 Å². The fourth-order valence-corrected chi connectivity index (χ4v) is 5.37. The zero-order valence-electron chi connectivity index (χ0n) is 24.8. The first-order chi connectivity index (χ1) is 21.2. The molecular weight excluding hydrogens is 559 g/mol. The smallest absolute Gasteiger partial charge is 0.262 e. The fraction of sp³-hybridized carbons (Fsp3) is 0.265. The molecule has 224 valence electrons. The molecule has 6 rings (SSSR count). The van der Waals surface area contributed by atoms with Crippen molar-refractivity contribution in [3.63, 3.8) is 0 Å². The molecule has 0 aliphatic carbocycles. The van der Waals surface area contributed by atoms with Crippen LogP contribution in [0.15, 0.2) is 84.3 Å². The average Bonchev–Trinajstić information content (AvgIpc) is 3.03.